The minimum Gasteiger partial charge on any atom is -0.457 e. The van der Waals surface area contributed by atoms with Crippen LogP contribution in [0.25, 0.3) is 6.08 Å². The van der Waals surface area contributed by atoms with Crippen LogP contribution in [0.5, 0.6) is 0 Å². The fourth-order valence-corrected chi connectivity index (χ4v) is 8.87. The second kappa shape index (κ2) is 7.00. The number of rotatable bonds is 3. The molecule has 34 heavy (non-hydrogen) atoms. The van der Waals surface area contributed by atoms with Crippen LogP contribution in [0.3, 0.4) is 0 Å². The van der Waals surface area contributed by atoms with Crippen molar-refractivity contribution in [1.82, 2.24) is 0 Å². The first-order valence-electron chi connectivity index (χ1n) is 12.0. The predicted octanol–water partition coefficient (Wildman–Crippen LogP) is 3.51. The summed E-state index contributed by atoms with van der Waals surface area (Å²) < 4.78 is 12.0. The van der Waals surface area contributed by atoms with Crippen molar-refractivity contribution < 1.29 is 29.3 Å². The molecule has 2 aliphatic heterocycles. The van der Waals surface area contributed by atoms with Crippen LogP contribution in [0.2, 0.25) is 0 Å². The standard InChI is InChI=1S/C27H30O6S/c1-15-17-6-7-18-25-11-4-10-24(2,3)20(25)22(30)27(31,32-14-25)26(18,21(15)29)23(17)33-19(28)8-5-16-9-12-34-13-16/h4-5,8-9,11-13,17-18,20,22-23,30-31H,1,6-7,10,14H2,2-3H3/b8-5+/t17-,18-,20+,22-,23+,25+,26-,27+/m0/s1. The summed E-state index contributed by atoms with van der Waals surface area (Å²) in [5, 5.41) is 27.6. The third kappa shape index (κ3) is 2.46. The van der Waals surface area contributed by atoms with E-state index in [9.17, 15) is 19.8 Å². The molecule has 7 heteroatoms. The number of allylic oxidation sites excluding steroid dienone is 1. The average molecular weight is 483 g/mol. The second-order valence-corrected chi connectivity index (χ2v) is 12.1. The molecule has 6 aliphatic rings. The predicted molar refractivity (Wildman–Crippen MR) is 126 cm³/mol. The molecule has 1 aromatic heterocycles. The van der Waals surface area contributed by atoms with E-state index >= 15 is 0 Å². The lowest BCUT2D eigenvalue weighted by molar-refractivity contribution is -0.436. The van der Waals surface area contributed by atoms with Crippen molar-refractivity contribution in [3.05, 3.63) is 52.8 Å². The number of carbonyl (C=O) groups is 2. The number of hydrogen-bond acceptors (Lipinski definition) is 7. The Hall–Kier alpha value is -2.06. The van der Waals surface area contributed by atoms with Gasteiger partial charge in [0.25, 0.3) is 0 Å². The Kier molecular flexibility index (Phi) is 4.61. The molecule has 7 rings (SSSR count). The Bertz CT molecular complexity index is 1130. The number of aliphatic hydroxyl groups is 2. The molecule has 6 nitrogen and oxygen atoms in total. The number of esters is 1. The van der Waals surface area contributed by atoms with E-state index in [2.05, 4.69) is 32.6 Å². The topological polar surface area (TPSA) is 93.1 Å². The van der Waals surface area contributed by atoms with Gasteiger partial charge in [-0.25, -0.2) is 4.79 Å². The third-order valence-electron chi connectivity index (χ3n) is 9.44. The van der Waals surface area contributed by atoms with E-state index in [1.807, 2.05) is 16.8 Å². The molecule has 3 heterocycles. The zero-order valence-electron chi connectivity index (χ0n) is 19.4. The molecule has 3 saturated carbocycles. The average Bonchev–Trinajstić information content (AvgIpc) is 3.34. The Balaban J connectivity index is 1.47. The molecular weight excluding hydrogens is 452 g/mol. The summed E-state index contributed by atoms with van der Waals surface area (Å²) in [4.78, 5) is 26.9. The zero-order chi connectivity index (χ0) is 24.1. The first-order chi connectivity index (χ1) is 16.1. The smallest absolute Gasteiger partial charge is 0.331 e. The fourth-order valence-electron chi connectivity index (χ4n) is 8.25. The number of thiophene rings is 1. The molecule has 2 N–H and O–H groups in total. The minimum atomic E-state index is -2.15. The first-order valence-corrected chi connectivity index (χ1v) is 12.9. The molecule has 1 aromatic rings. The number of fused-ring (bicyclic) bond motifs is 2. The summed E-state index contributed by atoms with van der Waals surface area (Å²) in [6.45, 7) is 8.46. The number of ether oxygens (including phenoxy) is 2. The summed E-state index contributed by atoms with van der Waals surface area (Å²) in [7, 11) is 0. The molecule has 8 atom stereocenters. The highest BCUT2D eigenvalue weighted by molar-refractivity contribution is 7.08. The third-order valence-corrected chi connectivity index (χ3v) is 10.1. The Morgan fingerprint density at radius 2 is 2.15 bits per heavy atom. The van der Waals surface area contributed by atoms with Crippen molar-refractivity contribution >= 4 is 29.2 Å². The van der Waals surface area contributed by atoms with E-state index in [1.54, 1.807) is 6.08 Å². The van der Waals surface area contributed by atoms with Crippen molar-refractivity contribution in [1.29, 1.82) is 0 Å². The van der Waals surface area contributed by atoms with E-state index in [4.69, 9.17) is 9.47 Å². The fraction of sp³-hybridized carbons (Fsp3) is 0.556. The van der Waals surface area contributed by atoms with E-state index < -0.39 is 40.7 Å². The van der Waals surface area contributed by atoms with Crippen LogP contribution in [0.1, 0.15) is 38.7 Å². The van der Waals surface area contributed by atoms with Crippen LogP contribution >= 0.6 is 11.3 Å². The van der Waals surface area contributed by atoms with Crippen LogP contribution in [-0.2, 0) is 19.1 Å². The zero-order valence-corrected chi connectivity index (χ0v) is 20.2. The van der Waals surface area contributed by atoms with Gasteiger partial charge in [0.2, 0.25) is 5.79 Å². The number of Topliss-reactive ketones (excluding diaryl/α,β-unsaturated/α-hetero) is 1. The normalized spacial score (nSPS) is 45.9. The van der Waals surface area contributed by atoms with Gasteiger partial charge in [0.1, 0.15) is 17.6 Å². The van der Waals surface area contributed by atoms with Gasteiger partial charge in [0, 0.05) is 23.3 Å². The van der Waals surface area contributed by atoms with Crippen molar-refractivity contribution in [3.63, 3.8) is 0 Å². The summed E-state index contributed by atoms with van der Waals surface area (Å²) in [5.41, 5.74) is -1.27. The van der Waals surface area contributed by atoms with Gasteiger partial charge in [-0.1, -0.05) is 32.6 Å². The van der Waals surface area contributed by atoms with Gasteiger partial charge in [0.15, 0.2) is 5.78 Å². The van der Waals surface area contributed by atoms with E-state index in [-0.39, 0.29) is 29.6 Å². The van der Waals surface area contributed by atoms with Gasteiger partial charge in [-0.05, 0) is 64.6 Å². The molecule has 4 aliphatic carbocycles. The van der Waals surface area contributed by atoms with Gasteiger partial charge < -0.3 is 19.7 Å². The molecule has 180 valence electrons. The number of carbonyl (C=O) groups excluding carboxylic acids is 2. The highest BCUT2D eigenvalue weighted by atomic mass is 32.1. The van der Waals surface area contributed by atoms with Crippen molar-refractivity contribution in [2.75, 3.05) is 6.61 Å². The molecule has 2 saturated heterocycles. The molecule has 4 bridgehead atoms. The quantitative estimate of drug-likeness (QED) is 0.389. The summed E-state index contributed by atoms with van der Waals surface area (Å²) >= 11 is 1.53. The van der Waals surface area contributed by atoms with Crippen molar-refractivity contribution in [3.8, 4) is 0 Å². The number of aliphatic hydroxyl groups excluding tert-OH is 1. The first kappa shape index (κ1) is 22.4. The molecule has 0 amide bonds. The van der Waals surface area contributed by atoms with Crippen molar-refractivity contribution in [2.24, 2.45) is 34.0 Å². The lowest BCUT2D eigenvalue weighted by Crippen LogP contribution is -2.83. The van der Waals surface area contributed by atoms with Gasteiger partial charge in [0.05, 0.1) is 6.61 Å². The van der Waals surface area contributed by atoms with Crippen LogP contribution in [0, 0.1) is 34.0 Å². The Labute approximate surface area is 203 Å². The van der Waals surface area contributed by atoms with Gasteiger partial charge >= 0.3 is 5.97 Å². The van der Waals surface area contributed by atoms with Gasteiger partial charge in [-0.3, -0.25) is 4.79 Å². The maximum absolute atomic E-state index is 14.0. The lowest BCUT2D eigenvalue weighted by Gasteiger charge is -2.72. The molecule has 0 aromatic carbocycles. The van der Waals surface area contributed by atoms with E-state index in [0.29, 0.717) is 18.4 Å². The van der Waals surface area contributed by atoms with Crippen LogP contribution in [0.15, 0.2) is 47.2 Å². The van der Waals surface area contributed by atoms with Gasteiger partial charge in [-0.15, -0.1) is 0 Å². The van der Waals surface area contributed by atoms with Crippen LogP contribution < -0.4 is 0 Å². The Morgan fingerprint density at radius 1 is 1.35 bits per heavy atom. The second-order valence-electron chi connectivity index (χ2n) is 11.3. The lowest BCUT2D eigenvalue weighted by atomic mass is 9.37. The van der Waals surface area contributed by atoms with Crippen molar-refractivity contribution in [2.45, 2.75) is 51.1 Å². The monoisotopic (exact) mass is 482 g/mol. The number of ketones is 1. The van der Waals surface area contributed by atoms with Gasteiger partial charge in [-0.2, -0.15) is 11.3 Å². The number of hydrogen-bond donors (Lipinski definition) is 2. The maximum atomic E-state index is 14.0. The highest BCUT2D eigenvalue weighted by Crippen LogP contribution is 2.75. The summed E-state index contributed by atoms with van der Waals surface area (Å²) in [6, 6.07) is 1.89. The van der Waals surface area contributed by atoms with E-state index in [1.165, 1.54) is 17.4 Å². The van der Waals surface area contributed by atoms with Crippen LogP contribution in [-0.4, -0.2) is 46.6 Å². The van der Waals surface area contributed by atoms with Crippen LogP contribution in [0.4, 0.5) is 0 Å². The highest BCUT2D eigenvalue weighted by Gasteiger charge is 2.86. The SMILES string of the molecule is C=C1C(=O)[C@]23[C@H](OC(=O)/C=C/c4ccsc4)[C@H]1CC[C@H]2[C@]12C=CCC(C)(C)[C@H]1[C@H](O)[C@@]3(O)OC2. The molecular formula is C27H30O6S. The molecule has 0 radical (unpaired) electrons. The Morgan fingerprint density at radius 3 is 2.88 bits per heavy atom. The molecule has 2 spiro atoms. The largest absolute Gasteiger partial charge is 0.457 e. The molecule has 0 unspecified atom stereocenters. The summed E-state index contributed by atoms with van der Waals surface area (Å²) in [6.07, 6.45) is 7.06. The maximum Gasteiger partial charge on any atom is 0.331 e. The molecule has 5 fully saturated rings. The van der Waals surface area contributed by atoms with E-state index in [0.717, 1.165) is 12.0 Å². The summed E-state index contributed by atoms with van der Waals surface area (Å²) in [5.74, 6) is -4.09. The minimum absolute atomic E-state index is 0.223.